The Morgan fingerprint density at radius 3 is 2.62 bits per heavy atom. The van der Waals surface area contributed by atoms with Crippen LogP contribution in [-0.2, 0) is 13.2 Å². The van der Waals surface area contributed by atoms with Crippen LogP contribution in [0, 0.1) is 5.82 Å². The summed E-state index contributed by atoms with van der Waals surface area (Å²) in [5, 5.41) is 8.68. The van der Waals surface area contributed by atoms with Gasteiger partial charge in [-0.25, -0.2) is 9.18 Å². The predicted molar refractivity (Wildman–Crippen MR) is 79.8 cm³/mol. The van der Waals surface area contributed by atoms with Gasteiger partial charge in [-0.05, 0) is 24.6 Å². The molecule has 0 aliphatic heterocycles. The van der Waals surface area contributed by atoms with Crippen LogP contribution in [0.25, 0.3) is 0 Å². The Kier molecular flexibility index (Phi) is 5.10. The lowest BCUT2D eigenvalue weighted by Gasteiger charge is -2.17. The van der Waals surface area contributed by atoms with Crippen LogP contribution in [0.5, 0.6) is 0 Å². The second kappa shape index (κ2) is 6.90. The van der Waals surface area contributed by atoms with Gasteiger partial charge in [-0.1, -0.05) is 6.92 Å². The maximum atomic E-state index is 13.6. The molecule has 0 unspecified atom stereocenters. The standard InChI is InChI=1S/C15H16F4N4O/c1-3-12(9-7-20-23(2)8-9)21-14(24)22-13-6-10(15(17,18)19)4-5-11(13)16/h4-8,12H,3H2,1-2H3,(H2,21,22,24)/t12-/m0/s1. The molecule has 1 aromatic heterocycles. The number of hydrogen-bond acceptors (Lipinski definition) is 2. The van der Waals surface area contributed by atoms with Gasteiger partial charge in [-0.2, -0.15) is 18.3 Å². The van der Waals surface area contributed by atoms with E-state index in [1.807, 2.05) is 6.92 Å². The first-order valence-electron chi connectivity index (χ1n) is 7.13. The van der Waals surface area contributed by atoms with E-state index in [1.54, 1.807) is 24.1 Å². The fraction of sp³-hybridized carbons (Fsp3) is 0.333. The Labute approximate surface area is 135 Å². The molecule has 2 aromatic rings. The number of aryl methyl sites for hydroxylation is 1. The first-order chi connectivity index (χ1) is 11.2. The maximum Gasteiger partial charge on any atom is 0.416 e. The summed E-state index contributed by atoms with van der Waals surface area (Å²) in [5.41, 5.74) is -0.846. The molecule has 0 fully saturated rings. The highest BCUT2D eigenvalue weighted by atomic mass is 19.4. The van der Waals surface area contributed by atoms with Gasteiger partial charge in [0.2, 0.25) is 0 Å². The molecule has 0 saturated heterocycles. The highest BCUT2D eigenvalue weighted by Gasteiger charge is 2.31. The van der Waals surface area contributed by atoms with Gasteiger partial charge in [-0.3, -0.25) is 4.68 Å². The van der Waals surface area contributed by atoms with Gasteiger partial charge >= 0.3 is 12.2 Å². The molecule has 0 aliphatic rings. The van der Waals surface area contributed by atoms with Crippen LogP contribution < -0.4 is 10.6 Å². The minimum absolute atomic E-state index is 0.396. The predicted octanol–water partition coefficient (Wildman–Crippen LogP) is 3.85. The number of carbonyl (C=O) groups excluding carboxylic acids is 1. The molecule has 0 spiro atoms. The van der Waals surface area contributed by atoms with E-state index in [2.05, 4.69) is 15.7 Å². The molecular weight excluding hydrogens is 328 g/mol. The highest BCUT2D eigenvalue weighted by molar-refractivity contribution is 5.89. The van der Waals surface area contributed by atoms with Crippen molar-refractivity contribution in [3.05, 3.63) is 47.5 Å². The fourth-order valence-electron chi connectivity index (χ4n) is 2.16. The van der Waals surface area contributed by atoms with Crippen molar-refractivity contribution in [3.8, 4) is 0 Å². The molecule has 1 aromatic carbocycles. The van der Waals surface area contributed by atoms with Crippen molar-refractivity contribution in [3.63, 3.8) is 0 Å². The molecule has 5 nitrogen and oxygen atoms in total. The van der Waals surface area contributed by atoms with Crippen molar-refractivity contribution < 1.29 is 22.4 Å². The number of nitrogens with one attached hydrogen (secondary N) is 2. The summed E-state index contributed by atoms with van der Waals surface area (Å²) in [4.78, 5) is 12.0. The van der Waals surface area contributed by atoms with Gasteiger partial charge in [0, 0.05) is 18.8 Å². The summed E-state index contributed by atoms with van der Waals surface area (Å²) >= 11 is 0. The van der Waals surface area contributed by atoms with Crippen LogP contribution in [0.15, 0.2) is 30.6 Å². The third-order valence-electron chi connectivity index (χ3n) is 3.38. The van der Waals surface area contributed by atoms with Gasteiger partial charge in [-0.15, -0.1) is 0 Å². The normalized spacial score (nSPS) is 12.8. The number of carbonyl (C=O) groups is 1. The van der Waals surface area contributed by atoms with E-state index in [0.29, 0.717) is 24.6 Å². The lowest BCUT2D eigenvalue weighted by Crippen LogP contribution is -2.32. The van der Waals surface area contributed by atoms with Crippen molar-refractivity contribution in [2.75, 3.05) is 5.32 Å². The molecule has 9 heteroatoms. The number of nitrogens with zero attached hydrogens (tertiary/aromatic N) is 2. The Balaban J connectivity index is 2.11. The first kappa shape index (κ1) is 17.8. The molecule has 0 saturated carbocycles. The molecule has 1 heterocycles. The molecule has 2 rings (SSSR count). The van der Waals surface area contributed by atoms with E-state index < -0.39 is 35.3 Å². The molecule has 0 bridgehead atoms. The average molecular weight is 344 g/mol. The summed E-state index contributed by atoms with van der Waals surface area (Å²) in [6, 6.07) is 0.635. The minimum Gasteiger partial charge on any atom is -0.331 e. The molecule has 0 aliphatic carbocycles. The number of anilines is 1. The Morgan fingerprint density at radius 1 is 1.38 bits per heavy atom. The number of hydrogen-bond donors (Lipinski definition) is 2. The van der Waals surface area contributed by atoms with Crippen molar-refractivity contribution in [2.24, 2.45) is 7.05 Å². The van der Waals surface area contributed by atoms with E-state index >= 15 is 0 Å². The van der Waals surface area contributed by atoms with Crippen LogP contribution in [-0.4, -0.2) is 15.8 Å². The van der Waals surface area contributed by atoms with Crippen LogP contribution in [0.3, 0.4) is 0 Å². The Bertz CT molecular complexity index is 727. The average Bonchev–Trinajstić information content (AvgIpc) is 2.92. The van der Waals surface area contributed by atoms with E-state index in [-0.39, 0.29) is 0 Å². The number of rotatable bonds is 4. The van der Waals surface area contributed by atoms with E-state index in [4.69, 9.17) is 0 Å². The second-order valence-electron chi connectivity index (χ2n) is 5.20. The summed E-state index contributed by atoms with van der Waals surface area (Å²) in [6.07, 6.45) is -0.814. The number of amides is 2. The minimum atomic E-state index is -4.62. The molecule has 2 N–H and O–H groups in total. The number of urea groups is 1. The quantitative estimate of drug-likeness (QED) is 0.828. The molecule has 24 heavy (non-hydrogen) atoms. The largest absolute Gasteiger partial charge is 0.416 e. The van der Waals surface area contributed by atoms with E-state index in [9.17, 15) is 22.4 Å². The number of alkyl halides is 3. The zero-order valence-electron chi connectivity index (χ0n) is 13.0. The van der Waals surface area contributed by atoms with Gasteiger partial charge in [0.1, 0.15) is 5.82 Å². The molecule has 2 amide bonds. The topological polar surface area (TPSA) is 59.0 Å². The zero-order valence-corrected chi connectivity index (χ0v) is 13.0. The summed E-state index contributed by atoms with van der Waals surface area (Å²) in [7, 11) is 1.72. The molecule has 0 radical (unpaired) electrons. The maximum absolute atomic E-state index is 13.6. The van der Waals surface area contributed by atoms with Crippen molar-refractivity contribution in [1.82, 2.24) is 15.1 Å². The van der Waals surface area contributed by atoms with Crippen molar-refractivity contribution in [2.45, 2.75) is 25.6 Å². The Morgan fingerprint density at radius 2 is 2.08 bits per heavy atom. The van der Waals surface area contributed by atoms with Crippen LogP contribution in [0.1, 0.15) is 30.5 Å². The van der Waals surface area contributed by atoms with Gasteiger partial charge in [0.25, 0.3) is 0 Å². The summed E-state index contributed by atoms with van der Waals surface area (Å²) in [6.45, 7) is 1.82. The molecular formula is C15H16F4N4O. The summed E-state index contributed by atoms with van der Waals surface area (Å²) < 4.78 is 53.2. The van der Waals surface area contributed by atoms with Gasteiger partial charge in [0.15, 0.2) is 0 Å². The Hall–Kier alpha value is -2.58. The first-order valence-corrected chi connectivity index (χ1v) is 7.13. The van der Waals surface area contributed by atoms with Crippen LogP contribution >= 0.6 is 0 Å². The van der Waals surface area contributed by atoms with Crippen LogP contribution in [0.2, 0.25) is 0 Å². The second-order valence-corrected chi connectivity index (χ2v) is 5.20. The van der Waals surface area contributed by atoms with Crippen molar-refractivity contribution in [1.29, 1.82) is 0 Å². The van der Waals surface area contributed by atoms with E-state index in [0.717, 1.165) is 5.56 Å². The summed E-state index contributed by atoms with van der Waals surface area (Å²) in [5.74, 6) is -0.951. The lowest BCUT2D eigenvalue weighted by atomic mass is 10.1. The number of aromatic nitrogens is 2. The zero-order chi connectivity index (χ0) is 17.9. The third kappa shape index (κ3) is 4.24. The molecule has 130 valence electrons. The fourth-order valence-corrected chi connectivity index (χ4v) is 2.16. The number of benzene rings is 1. The van der Waals surface area contributed by atoms with Gasteiger partial charge < -0.3 is 10.6 Å². The highest BCUT2D eigenvalue weighted by Crippen LogP contribution is 2.31. The third-order valence-corrected chi connectivity index (χ3v) is 3.38. The number of halogens is 4. The molecule has 1 atom stereocenters. The van der Waals surface area contributed by atoms with Crippen molar-refractivity contribution >= 4 is 11.7 Å². The SMILES string of the molecule is CC[C@H](NC(=O)Nc1cc(C(F)(F)F)ccc1F)c1cnn(C)c1. The van der Waals surface area contributed by atoms with Gasteiger partial charge in [0.05, 0.1) is 23.5 Å². The van der Waals surface area contributed by atoms with E-state index in [1.165, 1.54) is 0 Å². The lowest BCUT2D eigenvalue weighted by molar-refractivity contribution is -0.137. The smallest absolute Gasteiger partial charge is 0.331 e. The van der Waals surface area contributed by atoms with Crippen LogP contribution in [0.4, 0.5) is 28.0 Å². The monoisotopic (exact) mass is 344 g/mol.